The molecule has 0 N–H and O–H groups in total. The highest BCUT2D eigenvalue weighted by molar-refractivity contribution is 7.18. The van der Waals surface area contributed by atoms with Gasteiger partial charge >= 0.3 is 0 Å². The first-order chi connectivity index (χ1) is 13.6. The Hall–Kier alpha value is -3.05. The lowest BCUT2D eigenvalue weighted by molar-refractivity contribution is 0.0986. The molecule has 0 aliphatic heterocycles. The molecule has 0 amide bonds. The van der Waals surface area contributed by atoms with Crippen LogP contribution in [0, 0.1) is 6.92 Å². The molecule has 0 spiro atoms. The maximum absolute atomic E-state index is 12.7. The summed E-state index contributed by atoms with van der Waals surface area (Å²) in [5, 5.41) is 0.818. The van der Waals surface area contributed by atoms with Crippen molar-refractivity contribution in [1.29, 1.82) is 0 Å². The fraction of sp³-hybridized carbons (Fsp3) is 0.174. The van der Waals surface area contributed by atoms with Crippen molar-refractivity contribution in [3.63, 3.8) is 0 Å². The summed E-state index contributed by atoms with van der Waals surface area (Å²) in [6.07, 6.45) is 2.00. The van der Waals surface area contributed by atoms with Crippen molar-refractivity contribution in [3.05, 3.63) is 87.2 Å². The highest BCUT2D eigenvalue weighted by Crippen LogP contribution is 2.27. The van der Waals surface area contributed by atoms with Crippen LogP contribution in [0.5, 0.6) is 0 Å². The van der Waals surface area contributed by atoms with Crippen LogP contribution in [0.25, 0.3) is 21.5 Å². The number of benzene rings is 2. The minimum Gasteiger partial charge on any atom is -0.333 e. The number of rotatable bonds is 5. The molecule has 0 bridgehead atoms. The number of carbonyl (C=O) groups is 1. The SMILES string of the molecule is CCC(=O)c1cn(Cc2ccccc2-c2ccccc2)c2sc(C)nc2c1=O. The van der Waals surface area contributed by atoms with E-state index in [2.05, 4.69) is 29.2 Å². The molecular formula is C23H20N2O2S. The predicted octanol–water partition coefficient (Wildman–Crippen LogP) is 5.07. The molecule has 0 aliphatic carbocycles. The Morgan fingerprint density at radius 2 is 1.79 bits per heavy atom. The predicted molar refractivity (Wildman–Crippen MR) is 114 cm³/mol. The van der Waals surface area contributed by atoms with Crippen LogP contribution in [-0.4, -0.2) is 15.3 Å². The molecule has 0 atom stereocenters. The van der Waals surface area contributed by atoms with Crippen molar-refractivity contribution >= 4 is 27.5 Å². The van der Waals surface area contributed by atoms with Crippen LogP contribution in [0.1, 0.15) is 34.3 Å². The number of pyridine rings is 1. The normalized spacial score (nSPS) is 11.1. The van der Waals surface area contributed by atoms with E-state index in [-0.39, 0.29) is 16.8 Å². The van der Waals surface area contributed by atoms with Crippen molar-refractivity contribution in [2.75, 3.05) is 0 Å². The first kappa shape index (κ1) is 18.3. The Morgan fingerprint density at radius 1 is 1.07 bits per heavy atom. The zero-order valence-corrected chi connectivity index (χ0v) is 16.6. The van der Waals surface area contributed by atoms with Gasteiger partial charge in [-0.2, -0.15) is 0 Å². The minimum absolute atomic E-state index is 0.150. The molecule has 2 aromatic heterocycles. The third-order valence-electron chi connectivity index (χ3n) is 4.79. The minimum atomic E-state index is -0.265. The molecule has 0 saturated carbocycles. The van der Waals surface area contributed by atoms with Gasteiger partial charge in [-0.05, 0) is 23.6 Å². The largest absolute Gasteiger partial charge is 0.333 e. The van der Waals surface area contributed by atoms with E-state index in [0.717, 1.165) is 26.5 Å². The maximum atomic E-state index is 12.7. The van der Waals surface area contributed by atoms with Crippen molar-refractivity contribution in [2.45, 2.75) is 26.8 Å². The third kappa shape index (κ3) is 3.29. The number of hydrogen-bond donors (Lipinski definition) is 0. The molecule has 0 fully saturated rings. The van der Waals surface area contributed by atoms with E-state index < -0.39 is 0 Å². The Labute approximate surface area is 167 Å². The number of nitrogens with zero attached hydrogens (tertiary/aromatic N) is 2. The molecule has 4 rings (SSSR count). The lowest BCUT2D eigenvalue weighted by Gasteiger charge is -2.14. The van der Waals surface area contributed by atoms with Crippen LogP contribution in [0.3, 0.4) is 0 Å². The quantitative estimate of drug-likeness (QED) is 0.448. The third-order valence-corrected chi connectivity index (χ3v) is 5.79. The number of thiazole rings is 1. The van der Waals surface area contributed by atoms with Gasteiger partial charge in [-0.1, -0.05) is 61.5 Å². The van der Waals surface area contributed by atoms with Crippen molar-refractivity contribution < 1.29 is 4.79 Å². The first-order valence-corrected chi connectivity index (χ1v) is 10.1. The van der Waals surface area contributed by atoms with Gasteiger partial charge in [0.2, 0.25) is 5.43 Å². The molecule has 2 heterocycles. The van der Waals surface area contributed by atoms with E-state index in [1.807, 2.05) is 41.8 Å². The molecule has 0 unspecified atom stereocenters. The number of hydrogen-bond acceptors (Lipinski definition) is 4. The van der Waals surface area contributed by atoms with Crippen LogP contribution in [0.2, 0.25) is 0 Å². The number of ketones is 1. The van der Waals surface area contributed by atoms with Gasteiger partial charge in [-0.3, -0.25) is 9.59 Å². The number of carbonyl (C=O) groups excluding carboxylic acids is 1. The van der Waals surface area contributed by atoms with Crippen molar-refractivity contribution in [3.8, 4) is 11.1 Å². The van der Waals surface area contributed by atoms with Gasteiger partial charge in [-0.15, -0.1) is 11.3 Å². The summed E-state index contributed by atoms with van der Waals surface area (Å²) in [5.74, 6) is -0.150. The fourth-order valence-corrected chi connectivity index (χ4v) is 4.29. The van der Waals surface area contributed by atoms with Crippen molar-refractivity contribution in [1.82, 2.24) is 9.55 Å². The molecule has 0 saturated heterocycles. The van der Waals surface area contributed by atoms with E-state index in [1.165, 1.54) is 11.3 Å². The van der Waals surface area contributed by atoms with Gasteiger partial charge in [-0.25, -0.2) is 4.98 Å². The molecular weight excluding hydrogens is 368 g/mol. The molecule has 0 aliphatic rings. The summed E-state index contributed by atoms with van der Waals surface area (Å²) < 4.78 is 1.99. The Bertz CT molecular complexity index is 1220. The smallest absolute Gasteiger partial charge is 0.219 e. The molecule has 28 heavy (non-hydrogen) atoms. The molecule has 5 heteroatoms. The van der Waals surface area contributed by atoms with Gasteiger partial charge in [0, 0.05) is 19.2 Å². The lowest BCUT2D eigenvalue weighted by Crippen LogP contribution is -2.19. The second-order valence-electron chi connectivity index (χ2n) is 6.69. The van der Waals surface area contributed by atoms with Crippen LogP contribution in [-0.2, 0) is 6.54 Å². The van der Waals surface area contributed by atoms with E-state index in [4.69, 9.17) is 0 Å². The maximum Gasteiger partial charge on any atom is 0.219 e. The lowest BCUT2D eigenvalue weighted by atomic mass is 9.99. The molecule has 0 radical (unpaired) electrons. The van der Waals surface area contributed by atoms with Gasteiger partial charge in [0.1, 0.15) is 10.3 Å². The summed E-state index contributed by atoms with van der Waals surface area (Å²) in [5.41, 5.74) is 3.75. The van der Waals surface area contributed by atoms with Gasteiger partial charge in [0.25, 0.3) is 0 Å². The summed E-state index contributed by atoms with van der Waals surface area (Å²) in [6, 6.07) is 18.4. The van der Waals surface area contributed by atoms with E-state index in [0.29, 0.717) is 18.5 Å². The average molecular weight is 388 g/mol. The van der Waals surface area contributed by atoms with Crippen molar-refractivity contribution in [2.24, 2.45) is 0 Å². The topological polar surface area (TPSA) is 52.0 Å². The standard InChI is InChI=1S/C23H20N2O2S/c1-3-20(26)19-14-25(23-21(22(19)27)24-15(2)28-23)13-17-11-7-8-12-18(17)16-9-5-4-6-10-16/h4-12,14H,3,13H2,1-2H3. The summed E-state index contributed by atoms with van der Waals surface area (Å²) in [4.78, 5) is 30.3. The second-order valence-corrected chi connectivity index (χ2v) is 7.87. The average Bonchev–Trinajstić information content (AvgIpc) is 3.13. The Morgan fingerprint density at radius 3 is 2.54 bits per heavy atom. The number of Topliss-reactive ketones (excluding diaryl/α,β-unsaturated/α-hetero) is 1. The van der Waals surface area contributed by atoms with Crippen LogP contribution < -0.4 is 5.43 Å². The van der Waals surface area contributed by atoms with E-state index in [1.54, 1.807) is 13.1 Å². The van der Waals surface area contributed by atoms with Gasteiger partial charge in [0.05, 0.1) is 10.6 Å². The molecule has 2 aromatic carbocycles. The van der Waals surface area contributed by atoms with Crippen LogP contribution >= 0.6 is 11.3 Å². The zero-order valence-electron chi connectivity index (χ0n) is 15.8. The fourth-order valence-electron chi connectivity index (χ4n) is 3.41. The molecule has 4 aromatic rings. The Balaban J connectivity index is 1.89. The van der Waals surface area contributed by atoms with E-state index >= 15 is 0 Å². The summed E-state index contributed by atoms with van der Waals surface area (Å²) >= 11 is 1.48. The highest BCUT2D eigenvalue weighted by Gasteiger charge is 2.18. The molecule has 4 nitrogen and oxygen atoms in total. The second kappa shape index (κ2) is 7.52. The van der Waals surface area contributed by atoms with E-state index in [9.17, 15) is 9.59 Å². The number of fused-ring (bicyclic) bond motifs is 1. The van der Waals surface area contributed by atoms with Crippen LogP contribution in [0.4, 0.5) is 0 Å². The first-order valence-electron chi connectivity index (χ1n) is 9.25. The summed E-state index contributed by atoms with van der Waals surface area (Å²) in [7, 11) is 0. The van der Waals surface area contributed by atoms with Gasteiger partial charge < -0.3 is 4.57 Å². The highest BCUT2D eigenvalue weighted by atomic mass is 32.1. The van der Waals surface area contributed by atoms with Gasteiger partial charge in [0.15, 0.2) is 5.78 Å². The Kier molecular flexibility index (Phi) is 4.92. The number of aryl methyl sites for hydroxylation is 1. The van der Waals surface area contributed by atoms with Crippen LogP contribution in [0.15, 0.2) is 65.6 Å². The monoisotopic (exact) mass is 388 g/mol. The zero-order chi connectivity index (χ0) is 19.7. The molecule has 140 valence electrons. The summed E-state index contributed by atoms with van der Waals surface area (Å²) in [6.45, 7) is 4.22. The number of aromatic nitrogens is 2.